The van der Waals surface area contributed by atoms with Crippen LogP contribution in [-0.4, -0.2) is 41.6 Å². The maximum atomic E-state index is 12.7. The van der Waals surface area contributed by atoms with Gasteiger partial charge < -0.3 is 9.47 Å². The summed E-state index contributed by atoms with van der Waals surface area (Å²) in [5.74, 6) is 2.36. The average Bonchev–Trinajstić information content (AvgIpc) is 2.68. The molecule has 0 saturated carbocycles. The van der Waals surface area contributed by atoms with E-state index in [4.69, 9.17) is 28.1 Å². The van der Waals surface area contributed by atoms with Gasteiger partial charge in [0.05, 0.1) is 6.61 Å². The first-order chi connectivity index (χ1) is 14.0. The van der Waals surface area contributed by atoms with Gasteiger partial charge >= 0.3 is 0 Å². The molecule has 0 atom stereocenters. The summed E-state index contributed by atoms with van der Waals surface area (Å²) in [5.41, 5.74) is 1.34. The van der Waals surface area contributed by atoms with Crippen molar-refractivity contribution < 1.29 is 19.1 Å². The third-order valence-electron chi connectivity index (χ3n) is 3.93. The number of hydrogen-bond donors (Lipinski definition) is 1. The van der Waals surface area contributed by atoms with Crippen molar-refractivity contribution in [3.05, 3.63) is 54.1 Å². The third-order valence-corrected chi connectivity index (χ3v) is 4.25. The zero-order chi connectivity index (χ0) is 21.4. The number of amides is 2. The highest BCUT2D eigenvalue weighted by molar-refractivity contribution is 7.80. The smallest absolute Gasteiger partial charge is 0.265 e. The number of carbonyl (C=O) groups is 2. The van der Waals surface area contributed by atoms with Crippen LogP contribution >= 0.6 is 12.2 Å². The molecule has 1 aromatic carbocycles. The van der Waals surface area contributed by atoms with Crippen LogP contribution in [0.4, 0.5) is 0 Å². The van der Waals surface area contributed by atoms with Crippen molar-refractivity contribution in [1.82, 2.24) is 10.2 Å². The van der Waals surface area contributed by atoms with Gasteiger partial charge in [0.25, 0.3) is 11.8 Å². The summed E-state index contributed by atoms with van der Waals surface area (Å²) in [6.45, 7) is 9.89. The number of terminal acetylenes is 1. The number of nitrogens with zero attached hydrogens (tertiary/aromatic N) is 1. The maximum absolute atomic E-state index is 12.7. The first-order valence-corrected chi connectivity index (χ1v) is 9.34. The van der Waals surface area contributed by atoms with E-state index in [9.17, 15) is 9.59 Å². The van der Waals surface area contributed by atoms with Crippen molar-refractivity contribution in [2.75, 3.05) is 19.8 Å². The molecular weight excluding hydrogens is 388 g/mol. The molecular formula is C22H22N2O4S. The minimum atomic E-state index is -0.559. The Bertz CT molecular complexity index is 927. The molecule has 0 aliphatic carbocycles. The highest BCUT2D eigenvalue weighted by Gasteiger charge is 2.32. The van der Waals surface area contributed by atoms with Crippen LogP contribution in [0.25, 0.3) is 6.08 Å². The molecule has 0 bridgehead atoms. The normalized spacial score (nSPS) is 15.0. The van der Waals surface area contributed by atoms with E-state index in [1.165, 1.54) is 17.1 Å². The Kier molecular flexibility index (Phi) is 7.75. The summed E-state index contributed by atoms with van der Waals surface area (Å²) in [4.78, 5) is 26.4. The van der Waals surface area contributed by atoms with E-state index in [1.807, 2.05) is 6.92 Å². The van der Waals surface area contributed by atoms with Gasteiger partial charge in [0.1, 0.15) is 12.2 Å². The lowest BCUT2D eigenvalue weighted by Gasteiger charge is -2.27. The van der Waals surface area contributed by atoms with Gasteiger partial charge in [0.2, 0.25) is 0 Å². The van der Waals surface area contributed by atoms with Crippen molar-refractivity contribution >= 4 is 35.2 Å². The molecule has 1 fully saturated rings. The number of carbonyl (C=O) groups excluding carboxylic acids is 2. The SMILES string of the molecule is C#CCOc1c(CC=C)cc(/C=C2/C(=O)NC(=S)N(CC=C)C2=O)cc1OCC. The Morgan fingerprint density at radius 3 is 2.66 bits per heavy atom. The molecule has 29 heavy (non-hydrogen) atoms. The van der Waals surface area contributed by atoms with E-state index in [-0.39, 0.29) is 23.8 Å². The van der Waals surface area contributed by atoms with Crippen molar-refractivity contribution in [1.29, 1.82) is 0 Å². The number of rotatable bonds is 9. The molecule has 1 N–H and O–H groups in total. The second-order valence-electron chi connectivity index (χ2n) is 5.95. The highest BCUT2D eigenvalue weighted by atomic mass is 32.1. The lowest BCUT2D eigenvalue weighted by molar-refractivity contribution is -0.128. The lowest BCUT2D eigenvalue weighted by atomic mass is 10.0. The van der Waals surface area contributed by atoms with E-state index in [0.717, 1.165) is 5.56 Å². The summed E-state index contributed by atoms with van der Waals surface area (Å²) >= 11 is 5.07. The summed E-state index contributed by atoms with van der Waals surface area (Å²) in [6, 6.07) is 3.49. The Morgan fingerprint density at radius 1 is 1.28 bits per heavy atom. The molecule has 150 valence electrons. The third kappa shape index (κ3) is 5.12. The zero-order valence-corrected chi connectivity index (χ0v) is 17.0. The molecule has 6 nitrogen and oxygen atoms in total. The number of ether oxygens (including phenoxy) is 2. The standard InChI is InChI=1S/C22H22N2O4S/c1-5-9-16-12-15(14-18(27-8-4)19(16)28-11-7-3)13-17-20(25)23-22(29)24(10-6-2)21(17)26/h3,5-6,12-14H,1-2,8-11H2,4H3,(H,23,25,29)/b17-13-. The van der Waals surface area contributed by atoms with Gasteiger partial charge in [0, 0.05) is 12.1 Å². The van der Waals surface area contributed by atoms with Gasteiger partial charge in [-0.2, -0.15) is 0 Å². The van der Waals surface area contributed by atoms with Gasteiger partial charge in [-0.1, -0.05) is 18.1 Å². The highest BCUT2D eigenvalue weighted by Crippen LogP contribution is 2.35. The summed E-state index contributed by atoms with van der Waals surface area (Å²) in [7, 11) is 0. The van der Waals surface area contributed by atoms with E-state index in [1.54, 1.807) is 18.2 Å². The number of nitrogens with one attached hydrogen (secondary N) is 1. The number of hydrogen-bond acceptors (Lipinski definition) is 5. The van der Waals surface area contributed by atoms with Crippen LogP contribution in [0.5, 0.6) is 11.5 Å². The fourth-order valence-corrected chi connectivity index (χ4v) is 3.02. The summed E-state index contributed by atoms with van der Waals surface area (Å²) in [5, 5.41) is 2.57. The van der Waals surface area contributed by atoms with Crippen LogP contribution in [0.3, 0.4) is 0 Å². The van der Waals surface area contributed by atoms with Crippen LogP contribution in [0.2, 0.25) is 0 Å². The fraction of sp³-hybridized carbons (Fsp3) is 0.227. The molecule has 1 aliphatic rings. The first kappa shape index (κ1) is 21.9. The van der Waals surface area contributed by atoms with E-state index in [2.05, 4.69) is 24.4 Å². The van der Waals surface area contributed by atoms with Crippen molar-refractivity contribution in [3.8, 4) is 23.8 Å². The molecule has 2 rings (SSSR count). The van der Waals surface area contributed by atoms with E-state index in [0.29, 0.717) is 30.1 Å². The van der Waals surface area contributed by atoms with Gasteiger partial charge in [-0.3, -0.25) is 19.8 Å². The minimum Gasteiger partial charge on any atom is -0.490 e. The molecule has 0 radical (unpaired) electrons. The second-order valence-corrected chi connectivity index (χ2v) is 6.33. The van der Waals surface area contributed by atoms with Crippen LogP contribution in [-0.2, 0) is 16.0 Å². The molecule has 1 aromatic rings. The average molecular weight is 410 g/mol. The quantitative estimate of drug-likeness (QED) is 0.223. The molecule has 0 aromatic heterocycles. The maximum Gasteiger partial charge on any atom is 0.265 e. The van der Waals surface area contributed by atoms with Crippen molar-refractivity contribution in [2.24, 2.45) is 0 Å². The van der Waals surface area contributed by atoms with Gasteiger partial charge in [-0.15, -0.1) is 19.6 Å². The van der Waals surface area contributed by atoms with Crippen molar-refractivity contribution in [2.45, 2.75) is 13.3 Å². The first-order valence-electron chi connectivity index (χ1n) is 8.93. The topological polar surface area (TPSA) is 67.9 Å². The van der Waals surface area contributed by atoms with Gasteiger partial charge in [0.15, 0.2) is 16.6 Å². The Balaban J connectivity index is 2.55. The fourth-order valence-electron chi connectivity index (χ4n) is 2.77. The molecule has 1 heterocycles. The summed E-state index contributed by atoms with van der Waals surface area (Å²) < 4.78 is 11.4. The summed E-state index contributed by atoms with van der Waals surface area (Å²) in [6.07, 6.45) is 10.5. The molecule has 7 heteroatoms. The Labute approximate surface area is 175 Å². The predicted molar refractivity (Wildman–Crippen MR) is 116 cm³/mol. The monoisotopic (exact) mass is 410 g/mol. The Hall–Kier alpha value is -3.37. The molecule has 1 aliphatic heterocycles. The van der Waals surface area contributed by atoms with Crippen LogP contribution in [0, 0.1) is 12.3 Å². The lowest BCUT2D eigenvalue weighted by Crippen LogP contribution is -2.53. The van der Waals surface area contributed by atoms with E-state index >= 15 is 0 Å². The number of benzene rings is 1. The molecule has 0 unspecified atom stereocenters. The van der Waals surface area contributed by atoms with Crippen LogP contribution < -0.4 is 14.8 Å². The number of thiocarbonyl (C=S) groups is 1. The molecule has 1 saturated heterocycles. The van der Waals surface area contributed by atoms with Gasteiger partial charge in [-0.05, 0) is 49.3 Å². The zero-order valence-electron chi connectivity index (χ0n) is 16.2. The predicted octanol–water partition coefficient (Wildman–Crippen LogP) is 2.64. The molecule has 0 spiro atoms. The van der Waals surface area contributed by atoms with E-state index < -0.39 is 11.8 Å². The van der Waals surface area contributed by atoms with Crippen molar-refractivity contribution in [3.63, 3.8) is 0 Å². The van der Waals surface area contributed by atoms with Crippen LogP contribution in [0.15, 0.2) is 43.0 Å². The van der Waals surface area contributed by atoms with Gasteiger partial charge in [-0.25, -0.2) is 0 Å². The largest absolute Gasteiger partial charge is 0.490 e. The second kappa shape index (κ2) is 10.2. The minimum absolute atomic E-state index is 0.0373. The molecule has 2 amide bonds. The number of allylic oxidation sites excluding steroid dienone is 1. The van der Waals surface area contributed by atoms with Crippen LogP contribution in [0.1, 0.15) is 18.1 Å². The Morgan fingerprint density at radius 2 is 2.03 bits per heavy atom.